The Labute approximate surface area is 151 Å². The van der Waals surface area contributed by atoms with Crippen LogP contribution >= 0.6 is 12.2 Å². The second-order valence-corrected chi connectivity index (χ2v) is 6.87. The Hall–Kier alpha value is -1.91. The molecule has 24 heavy (non-hydrogen) atoms. The monoisotopic (exact) mass is 341 g/mol. The third kappa shape index (κ3) is 5.62. The van der Waals surface area contributed by atoms with Gasteiger partial charge in [-0.05, 0) is 69.3 Å². The number of aryl methyl sites for hydroxylation is 2. The van der Waals surface area contributed by atoms with Crippen molar-refractivity contribution < 1.29 is 0 Å². The van der Waals surface area contributed by atoms with E-state index in [1.165, 1.54) is 16.7 Å². The summed E-state index contributed by atoms with van der Waals surface area (Å²) in [4.78, 5) is 2.24. The van der Waals surface area contributed by atoms with Crippen molar-refractivity contribution >= 4 is 23.0 Å². The van der Waals surface area contributed by atoms with E-state index < -0.39 is 0 Å². The largest absolute Gasteiger partial charge is 0.361 e. The van der Waals surface area contributed by atoms with Gasteiger partial charge in [0, 0.05) is 18.3 Å². The average molecular weight is 342 g/mol. The van der Waals surface area contributed by atoms with Crippen molar-refractivity contribution in [3.05, 3.63) is 65.2 Å². The summed E-state index contributed by atoms with van der Waals surface area (Å²) in [5, 5.41) is 7.34. The molecule has 0 aliphatic carbocycles. The molecule has 0 saturated heterocycles. The fourth-order valence-corrected chi connectivity index (χ4v) is 2.76. The number of hydrogen-bond donors (Lipinski definition) is 2. The van der Waals surface area contributed by atoms with Crippen molar-refractivity contribution in [3.63, 3.8) is 0 Å². The molecule has 0 saturated carbocycles. The number of rotatable bonds is 6. The van der Waals surface area contributed by atoms with Crippen LogP contribution in [-0.4, -0.2) is 36.7 Å². The van der Waals surface area contributed by atoms with Crippen molar-refractivity contribution in [1.82, 2.24) is 10.2 Å². The van der Waals surface area contributed by atoms with Gasteiger partial charge in [0.2, 0.25) is 0 Å². The summed E-state index contributed by atoms with van der Waals surface area (Å²) in [5.41, 5.74) is 4.82. The first-order valence-electron chi connectivity index (χ1n) is 8.28. The zero-order valence-corrected chi connectivity index (χ0v) is 15.8. The summed E-state index contributed by atoms with van der Waals surface area (Å²) >= 11 is 5.47. The van der Waals surface area contributed by atoms with Crippen molar-refractivity contribution in [1.29, 1.82) is 0 Å². The molecule has 0 unspecified atom stereocenters. The predicted octanol–water partition coefficient (Wildman–Crippen LogP) is 3.76. The van der Waals surface area contributed by atoms with E-state index >= 15 is 0 Å². The maximum atomic E-state index is 5.47. The molecule has 0 bridgehead atoms. The number of thiocarbonyl (C=S) groups is 1. The Kier molecular flexibility index (Phi) is 6.76. The third-order valence-corrected chi connectivity index (χ3v) is 4.43. The van der Waals surface area contributed by atoms with Crippen molar-refractivity contribution in [2.45, 2.75) is 26.3 Å². The van der Waals surface area contributed by atoms with Crippen LogP contribution in [-0.2, 0) is 6.42 Å². The minimum Gasteiger partial charge on any atom is -0.361 e. The Balaban J connectivity index is 1.91. The topological polar surface area (TPSA) is 27.3 Å². The maximum absolute atomic E-state index is 5.47. The molecule has 0 aromatic heterocycles. The molecule has 128 valence electrons. The minimum absolute atomic E-state index is 0.380. The normalized spacial score (nSPS) is 12.0. The van der Waals surface area contributed by atoms with Crippen LogP contribution in [0.1, 0.15) is 16.7 Å². The van der Waals surface area contributed by atoms with Gasteiger partial charge in [-0.3, -0.25) is 0 Å². The van der Waals surface area contributed by atoms with E-state index in [4.69, 9.17) is 12.2 Å². The van der Waals surface area contributed by atoms with Gasteiger partial charge in [0.15, 0.2) is 5.11 Å². The van der Waals surface area contributed by atoms with Gasteiger partial charge < -0.3 is 15.5 Å². The van der Waals surface area contributed by atoms with Crippen LogP contribution in [0.15, 0.2) is 48.5 Å². The maximum Gasteiger partial charge on any atom is 0.170 e. The third-order valence-electron chi connectivity index (χ3n) is 4.18. The highest BCUT2D eigenvalue weighted by molar-refractivity contribution is 7.80. The fraction of sp³-hybridized carbons (Fsp3) is 0.350. The van der Waals surface area contributed by atoms with E-state index in [0.717, 1.165) is 18.7 Å². The van der Waals surface area contributed by atoms with Gasteiger partial charge >= 0.3 is 0 Å². The van der Waals surface area contributed by atoms with Crippen molar-refractivity contribution in [3.8, 4) is 0 Å². The Morgan fingerprint density at radius 3 is 2.46 bits per heavy atom. The molecule has 2 N–H and O–H groups in total. The quantitative estimate of drug-likeness (QED) is 0.782. The number of anilines is 1. The molecular weight excluding hydrogens is 314 g/mol. The molecule has 0 heterocycles. The molecule has 2 rings (SSSR count). The molecule has 0 fully saturated rings. The molecular formula is C20H27N3S. The van der Waals surface area contributed by atoms with Crippen LogP contribution in [0.25, 0.3) is 0 Å². The number of likely N-dealkylation sites (N-methyl/N-ethyl adjacent to an activating group) is 1. The molecule has 4 heteroatoms. The van der Waals surface area contributed by atoms with E-state index in [1.807, 2.05) is 0 Å². The van der Waals surface area contributed by atoms with Gasteiger partial charge in [-0.25, -0.2) is 0 Å². The predicted molar refractivity (Wildman–Crippen MR) is 108 cm³/mol. The lowest BCUT2D eigenvalue weighted by Crippen LogP contribution is -2.42. The van der Waals surface area contributed by atoms with E-state index in [0.29, 0.717) is 11.2 Å². The number of benzene rings is 2. The van der Waals surface area contributed by atoms with Gasteiger partial charge in [-0.1, -0.05) is 42.5 Å². The smallest absolute Gasteiger partial charge is 0.170 e. The summed E-state index contributed by atoms with van der Waals surface area (Å²) < 4.78 is 0. The van der Waals surface area contributed by atoms with Crippen LogP contribution < -0.4 is 10.6 Å². The number of nitrogens with one attached hydrogen (secondary N) is 2. The lowest BCUT2D eigenvalue weighted by atomic mass is 10.1. The van der Waals surface area contributed by atoms with E-state index in [1.54, 1.807) is 0 Å². The Bertz CT molecular complexity index is 668. The van der Waals surface area contributed by atoms with E-state index in [9.17, 15) is 0 Å². The van der Waals surface area contributed by atoms with Crippen LogP contribution in [0.3, 0.4) is 0 Å². The molecule has 0 aliphatic rings. The Morgan fingerprint density at radius 2 is 1.79 bits per heavy atom. The molecule has 2 aromatic carbocycles. The zero-order chi connectivity index (χ0) is 17.5. The number of hydrogen-bond acceptors (Lipinski definition) is 2. The molecule has 0 aliphatic heterocycles. The van der Waals surface area contributed by atoms with Crippen LogP contribution in [0.5, 0.6) is 0 Å². The first-order valence-corrected chi connectivity index (χ1v) is 8.69. The first kappa shape index (κ1) is 18.4. The average Bonchev–Trinajstić information content (AvgIpc) is 2.55. The SMILES string of the molecule is Cc1ccc(C)c(NC(=S)NC[C@H](Cc2ccccc2)N(C)C)c1. The summed E-state index contributed by atoms with van der Waals surface area (Å²) in [5.74, 6) is 0. The molecule has 3 nitrogen and oxygen atoms in total. The highest BCUT2D eigenvalue weighted by atomic mass is 32.1. The lowest BCUT2D eigenvalue weighted by molar-refractivity contribution is 0.291. The molecule has 0 radical (unpaired) electrons. The van der Waals surface area contributed by atoms with Crippen LogP contribution in [0.2, 0.25) is 0 Å². The van der Waals surface area contributed by atoms with Crippen molar-refractivity contribution in [2.24, 2.45) is 0 Å². The number of nitrogens with zero attached hydrogens (tertiary/aromatic N) is 1. The second kappa shape index (κ2) is 8.81. The summed E-state index contributed by atoms with van der Waals surface area (Å²) in [7, 11) is 4.22. The van der Waals surface area contributed by atoms with Gasteiger partial charge in [0.25, 0.3) is 0 Å². The van der Waals surface area contributed by atoms with Gasteiger partial charge in [-0.2, -0.15) is 0 Å². The van der Waals surface area contributed by atoms with E-state index in [2.05, 4.69) is 92.0 Å². The fourth-order valence-electron chi connectivity index (χ4n) is 2.57. The summed E-state index contributed by atoms with van der Waals surface area (Å²) in [6.07, 6.45) is 0.993. The van der Waals surface area contributed by atoms with Crippen LogP contribution in [0.4, 0.5) is 5.69 Å². The molecule has 0 amide bonds. The van der Waals surface area contributed by atoms with Gasteiger partial charge in [-0.15, -0.1) is 0 Å². The highest BCUT2D eigenvalue weighted by Crippen LogP contribution is 2.16. The highest BCUT2D eigenvalue weighted by Gasteiger charge is 2.13. The van der Waals surface area contributed by atoms with Gasteiger partial charge in [0.05, 0.1) is 0 Å². The molecule has 2 aromatic rings. The molecule has 0 spiro atoms. The summed E-state index contributed by atoms with van der Waals surface area (Å²) in [6.45, 7) is 4.98. The lowest BCUT2D eigenvalue weighted by Gasteiger charge is -2.25. The zero-order valence-electron chi connectivity index (χ0n) is 15.0. The summed E-state index contributed by atoms with van der Waals surface area (Å²) in [6, 6.07) is 17.3. The van der Waals surface area contributed by atoms with Crippen molar-refractivity contribution in [2.75, 3.05) is 26.0 Å². The van der Waals surface area contributed by atoms with Crippen LogP contribution in [0, 0.1) is 13.8 Å². The minimum atomic E-state index is 0.380. The van der Waals surface area contributed by atoms with E-state index in [-0.39, 0.29) is 0 Å². The standard InChI is InChI=1S/C20H27N3S/c1-15-10-11-16(2)19(12-15)22-20(24)21-14-18(23(3)4)13-17-8-6-5-7-9-17/h5-12,18H,13-14H2,1-4H3,(H2,21,22,24)/t18-/m0/s1. The second-order valence-electron chi connectivity index (χ2n) is 6.46. The van der Waals surface area contributed by atoms with Gasteiger partial charge in [0.1, 0.15) is 0 Å². The Morgan fingerprint density at radius 1 is 1.08 bits per heavy atom. The molecule has 1 atom stereocenters. The first-order chi connectivity index (χ1) is 11.5.